The summed E-state index contributed by atoms with van der Waals surface area (Å²) in [6.07, 6.45) is -4.08. The lowest BCUT2D eigenvalue weighted by Crippen LogP contribution is -2.49. The van der Waals surface area contributed by atoms with Gasteiger partial charge in [0.05, 0.1) is 5.60 Å². The zero-order valence-electron chi connectivity index (χ0n) is 10.1. The fourth-order valence-corrected chi connectivity index (χ4v) is 1.93. The summed E-state index contributed by atoms with van der Waals surface area (Å²) in [5.41, 5.74) is -2.48. The van der Waals surface area contributed by atoms with E-state index in [9.17, 15) is 18.3 Å². The largest absolute Gasteiger partial charge is 0.406 e. The van der Waals surface area contributed by atoms with Crippen molar-refractivity contribution in [2.45, 2.75) is 37.1 Å². The Kier molecular flexibility index (Phi) is 3.15. The zero-order valence-corrected chi connectivity index (χ0v) is 10.1. The van der Waals surface area contributed by atoms with Gasteiger partial charge in [-0.3, -0.25) is 0 Å². The van der Waals surface area contributed by atoms with Crippen molar-refractivity contribution in [1.82, 2.24) is 5.32 Å². The maximum absolute atomic E-state index is 12.7. The van der Waals surface area contributed by atoms with Crippen LogP contribution in [0.5, 0.6) is 0 Å². The molecule has 2 N–H and O–H groups in total. The smallest absolute Gasteiger partial charge is 0.384 e. The molecule has 100 valence electrons. The van der Waals surface area contributed by atoms with E-state index in [0.29, 0.717) is 5.56 Å². The van der Waals surface area contributed by atoms with Crippen molar-refractivity contribution in [3.63, 3.8) is 0 Å². The van der Waals surface area contributed by atoms with Crippen LogP contribution in [0.15, 0.2) is 30.3 Å². The summed E-state index contributed by atoms with van der Waals surface area (Å²) < 4.78 is 38.2. The third-order valence-electron chi connectivity index (χ3n) is 3.46. The molecule has 0 bridgehead atoms. The second-order valence-electron chi connectivity index (χ2n) is 5.07. The van der Waals surface area contributed by atoms with E-state index in [4.69, 9.17) is 0 Å². The quantitative estimate of drug-likeness (QED) is 0.871. The first kappa shape index (κ1) is 13.4. The van der Waals surface area contributed by atoms with Crippen LogP contribution < -0.4 is 5.32 Å². The second kappa shape index (κ2) is 4.24. The van der Waals surface area contributed by atoms with E-state index in [1.54, 1.807) is 30.3 Å². The Hall–Kier alpha value is -1.07. The van der Waals surface area contributed by atoms with Crippen LogP contribution in [-0.4, -0.2) is 23.4 Å². The van der Waals surface area contributed by atoms with Crippen molar-refractivity contribution in [2.75, 3.05) is 6.54 Å². The summed E-state index contributed by atoms with van der Waals surface area (Å²) in [6.45, 7) is 1.40. The van der Waals surface area contributed by atoms with Gasteiger partial charge in [0.1, 0.15) is 5.54 Å². The maximum atomic E-state index is 12.7. The lowest BCUT2D eigenvalue weighted by atomic mass is 9.95. The number of hydrogen-bond acceptors (Lipinski definition) is 2. The van der Waals surface area contributed by atoms with Gasteiger partial charge < -0.3 is 10.4 Å². The molecule has 0 aliphatic heterocycles. The highest BCUT2D eigenvalue weighted by molar-refractivity contribution is 5.22. The number of hydrogen-bond donors (Lipinski definition) is 2. The molecule has 0 aromatic heterocycles. The summed E-state index contributed by atoms with van der Waals surface area (Å²) in [5, 5.41) is 12.7. The molecule has 1 aliphatic rings. The highest BCUT2D eigenvalue weighted by Gasteiger charge is 2.63. The molecule has 1 aliphatic carbocycles. The van der Waals surface area contributed by atoms with Gasteiger partial charge in [0.25, 0.3) is 0 Å². The summed E-state index contributed by atoms with van der Waals surface area (Å²) in [6, 6.07) is 8.70. The van der Waals surface area contributed by atoms with Crippen LogP contribution in [-0.2, 0) is 5.60 Å². The van der Waals surface area contributed by atoms with E-state index in [0.717, 1.165) is 0 Å². The Morgan fingerprint density at radius 3 is 2.22 bits per heavy atom. The molecular weight excluding hydrogens is 243 g/mol. The average molecular weight is 259 g/mol. The molecule has 18 heavy (non-hydrogen) atoms. The van der Waals surface area contributed by atoms with Gasteiger partial charge in [-0.2, -0.15) is 13.2 Å². The molecule has 0 heterocycles. The highest BCUT2D eigenvalue weighted by Crippen LogP contribution is 2.49. The van der Waals surface area contributed by atoms with Crippen molar-refractivity contribution < 1.29 is 18.3 Å². The Balaban J connectivity index is 2.03. The molecule has 1 aromatic carbocycles. The van der Waals surface area contributed by atoms with Crippen LogP contribution in [0, 0.1) is 0 Å². The Labute approximate surface area is 104 Å². The number of aliphatic hydroxyl groups is 1. The van der Waals surface area contributed by atoms with Gasteiger partial charge in [0, 0.05) is 6.54 Å². The van der Waals surface area contributed by atoms with E-state index in [1.807, 2.05) is 0 Å². The van der Waals surface area contributed by atoms with Gasteiger partial charge in [-0.05, 0) is 25.3 Å². The van der Waals surface area contributed by atoms with Gasteiger partial charge in [-0.15, -0.1) is 0 Å². The molecule has 2 nitrogen and oxygen atoms in total. The summed E-state index contributed by atoms with van der Waals surface area (Å²) in [7, 11) is 0. The van der Waals surface area contributed by atoms with E-state index < -0.39 is 17.3 Å². The molecule has 0 radical (unpaired) electrons. The molecule has 2 rings (SSSR count). The van der Waals surface area contributed by atoms with Crippen LogP contribution in [0.25, 0.3) is 0 Å². The van der Waals surface area contributed by atoms with E-state index in [2.05, 4.69) is 5.32 Å². The zero-order chi connectivity index (χ0) is 13.4. The number of halogens is 3. The second-order valence-corrected chi connectivity index (χ2v) is 5.07. The first-order chi connectivity index (χ1) is 8.27. The third kappa shape index (κ3) is 2.52. The minimum atomic E-state index is -4.25. The van der Waals surface area contributed by atoms with Crippen LogP contribution in [0.2, 0.25) is 0 Å². The van der Waals surface area contributed by atoms with Gasteiger partial charge in [0.2, 0.25) is 0 Å². The summed E-state index contributed by atoms with van der Waals surface area (Å²) in [5.74, 6) is 0. The van der Waals surface area contributed by atoms with Crippen molar-refractivity contribution >= 4 is 0 Å². The predicted molar refractivity (Wildman–Crippen MR) is 62.0 cm³/mol. The van der Waals surface area contributed by atoms with E-state index in [1.165, 1.54) is 6.92 Å². The molecule has 1 unspecified atom stereocenters. The van der Waals surface area contributed by atoms with Crippen LogP contribution >= 0.6 is 0 Å². The van der Waals surface area contributed by atoms with Crippen LogP contribution in [0.4, 0.5) is 13.2 Å². The standard InChI is InChI=1S/C13H16F3NO/c1-11(18,10-5-3-2-4-6-10)9-17-12(7-8-12)13(14,15)16/h2-6,17-18H,7-9H2,1H3. The van der Waals surface area contributed by atoms with E-state index in [-0.39, 0.29) is 19.4 Å². The fraction of sp³-hybridized carbons (Fsp3) is 0.538. The van der Waals surface area contributed by atoms with Gasteiger partial charge in [-0.1, -0.05) is 30.3 Å². The molecule has 1 aromatic rings. The van der Waals surface area contributed by atoms with E-state index >= 15 is 0 Å². The minimum absolute atomic E-state index is 0.0847. The highest BCUT2D eigenvalue weighted by atomic mass is 19.4. The Morgan fingerprint density at radius 1 is 1.22 bits per heavy atom. The first-order valence-corrected chi connectivity index (χ1v) is 5.87. The molecule has 0 saturated heterocycles. The fourth-order valence-electron chi connectivity index (χ4n) is 1.93. The van der Waals surface area contributed by atoms with Gasteiger partial charge in [-0.25, -0.2) is 0 Å². The number of benzene rings is 1. The molecule has 5 heteroatoms. The molecule has 1 atom stereocenters. The molecule has 0 amide bonds. The van der Waals surface area contributed by atoms with Gasteiger partial charge >= 0.3 is 6.18 Å². The van der Waals surface area contributed by atoms with Crippen molar-refractivity contribution in [2.24, 2.45) is 0 Å². The number of nitrogens with one attached hydrogen (secondary N) is 1. The average Bonchev–Trinajstić information content (AvgIpc) is 3.08. The SMILES string of the molecule is CC(O)(CNC1(C(F)(F)F)CC1)c1ccccc1. The first-order valence-electron chi connectivity index (χ1n) is 5.87. The Morgan fingerprint density at radius 2 is 1.78 bits per heavy atom. The number of β-amino-alcohol motifs (C(OH)–C–C–N with tert-alkyl or cyclic N) is 1. The lowest BCUT2D eigenvalue weighted by Gasteiger charge is -2.28. The third-order valence-corrected chi connectivity index (χ3v) is 3.46. The maximum Gasteiger partial charge on any atom is 0.406 e. The normalized spacial score (nSPS) is 21.4. The summed E-state index contributed by atoms with van der Waals surface area (Å²) >= 11 is 0. The molecule has 1 fully saturated rings. The van der Waals surface area contributed by atoms with Gasteiger partial charge in [0.15, 0.2) is 0 Å². The Bertz CT molecular complexity index is 410. The number of alkyl halides is 3. The number of rotatable bonds is 4. The lowest BCUT2D eigenvalue weighted by molar-refractivity contribution is -0.168. The van der Waals surface area contributed by atoms with Crippen LogP contribution in [0.1, 0.15) is 25.3 Å². The van der Waals surface area contributed by atoms with Crippen molar-refractivity contribution in [1.29, 1.82) is 0 Å². The van der Waals surface area contributed by atoms with Crippen LogP contribution in [0.3, 0.4) is 0 Å². The summed E-state index contributed by atoms with van der Waals surface area (Å²) in [4.78, 5) is 0. The topological polar surface area (TPSA) is 32.3 Å². The van der Waals surface area contributed by atoms with Crippen molar-refractivity contribution in [3.8, 4) is 0 Å². The molecular formula is C13H16F3NO. The van der Waals surface area contributed by atoms with Crippen molar-refractivity contribution in [3.05, 3.63) is 35.9 Å². The minimum Gasteiger partial charge on any atom is -0.384 e. The monoisotopic (exact) mass is 259 g/mol. The molecule has 1 saturated carbocycles. The predicted octanol–water partition coefficient (Wildman–Crippen LogP) is 2.58. The molecule has 0 spiro atoms.